The molecule has 1 fully saturated rings. The summed E-state index contributed by atoms with van der Waals surface area (Å²) in [5, 5.41) is 0. The number of hydrogen-bond donors (Lipinski definition) is 0. The highest BCUT2D eigenvalue weighted by molar-refractivity contribution is 9.18. The van der Waals surface area contributed by atoms with Crippen LogP contribution in [0.3, 0.4) is 0 Å². The van der Waals surface area contributed by atoms with Crippen molar-refractivity contribution >= 4 is 26.6 Å². The minimum atomic E-state index is -0.452. The minimum absolute atomic E-state index is 0.0369. The number of dihydropyridines is 1. The van der Waals surface area contributed by atoms with Crippen molar-refractivity contribution < 1.29 is 9.53 Å². The molecular weight excluding hydrogens is 296 g/mol. The Morgan fingerprint density at radius 1 is 1.56 bits per heavy atom. The van der Waals surface area contributed by atoms with Crippen LogP contribution in [-0.4, -0.2) is 39.8 Å². The SMILES string of the molecule is CC(C)(C)OC(=O)N1CCCC2N=C(Br)C=CC21. The first-order chi connectivity index (χ1) is 8.37. The molecule has 100 valence electrons. The van der Waals surface area contributed by atoms with E-state index in [1.807, 2.05) is 32.9 Å². The molecule has 2 heterocycles. The molecule has 2 unspecified atom stereocenters. The summed E-state index contributed by atoms with van der Waals surface area (Å²) in [5.74, 6) is 0. The fourth-order valence-electron chi connectivity index (χ4n) is 2.28. The molecule has 0 radical (unpaired) electrons. The second-order valence-corrected chi connectivity index (χ2v) is 6.50. The van der Waals surface area contributed by atoms with E-state index in [9.17, 15) is 4.79 Å². The van der Waals surface area contributed by atoms with Gasteiger partial charge in [0.25, 0.3) is 0 Å². The van der Waals surface area contributed by atoms with Gasteiger partial charge in [0.15, 0.2) is 0 Å². The summed E-state index contributed by atoms with van der Waals surface area (Å²) in [6.07, 6.45) is 5.69. The van der Waals surface area contributed by atoms with Gasteiger partial charge in [-0.3, -0.25) is 9.89 Å². The number of carbonyl (C=O) groups excluding carboxylic acids is 1. The predicted octanol–water partition coefficient (Wildman–Crippen LogP) is 3.12. The summed E-state index contributed by atoms with van der Waals surface area (Å²) >= 11 is 3.38. The number of likely N-dealkylation sites (tertiary alicyclic amines) is 1. The average molecular weight is 315 g/mol. The van der Waals surface area contributed by atoms with Crippen molar-refractivity contribution in [1.82, 2.24) is 4.90 Å². The van der Waals surface area contributed by atoms with E-state index in [1.165, 1.54) is 0 Å². The molecule has 0 saturated carbocycles. The lowest BCUT2D eigenvalue weighted by molar-refractivity contribution is 0.0126. The molecule has 2 aliphatic heterocycles. The van der Waals surface area contributed by atoms with E-state index >= 15 is 0 Å². The Labute approximate surface area is 116 Å². The number of nitrogens with zero attached hydrogens (tertiary/aromatic N) is 2. The van der Waals surface area contributed by atoms with Crippen LogP contribution in [0.25, 0.3) is 0 Å². The number of hydrogen-bond acceptors (Lipinski definition) is 3. The van der Waals surface area contributed by atoms with Crippen molar-refractivity contribution in [2.75, 3.05) is 6.54 Å². The number of ether oxygens (including phenoxy) is 1. The monoisotopic (exact) mass is 314 g/mol. The summed E-state index contributed by atoms with van der Waals surface area (Å²) in [6, 6.07) is 0.195. The first-order valence-electron chi connectivity index (χ1n) is 6.28. The summed E-state index contributed by atoms with van der Waals surface area (Å²) < 4.78 is 6.30. The number of carbonyl (C=O) groups is 1. The standard InChI is InChI=1S/C13H19BrN2O2/c1-13(2,3)18-12(17)16-8-4-5-9-10(16)6-7-11(14)15-9/h6-7,9-10H,4-5,8H2,1-3H3. The van der Waals surface area contributed by atoms with Gasteiger partial charge in [-0.05, 0) is 55.6 Å². The number of amides is 1. The number of aliphatic imine (C=N–C) groups is 1. The fourth-order valence-corrected chi connectivity index (χ4v) is 2.70. The maximum Gasteiger partial charge on any atom is 0.410 e. The van der Waals surface area contributed by atoms with E-state index in [1.54, 1.807) is 4.90 Å². The van der Waals surface area contributed by atoms with Crippen LogP contribution in [0.15, 0.2) is 17.1 Å². The number of fused-ring (bicyclic) bond motifs is 1. The molecule has 1 saturated heterocycles. The zero-order valence-corrected chi connectivity index (χ0v) is 12.6. The van der Waals surface area contributed by atoms with E-state index in [0.717, 1.165) is 24.0 Å². The van der Waals surface area contributed by atoms with Gasteiger partial charge >= 0.3 is 6.09 Å². The van der Waals surface area contributed by atoms with Crippen molar-refractivity contribution in [2.45, 2.75) is 51.3 Å². The Kier molecular flexibility index (Phi) is 3.80. The van der Waals surface area contributed by atoms with Crippen molar-refractivity contribution in [2.24, 2.45) is 4.99 Å². The zero-order valence-electron chi connectivity index (χ0n) is 11.0. The first kappa shape index (κ1) is 13.6. The first-order valence-corrected chi connectivity index (χ1v) is 7.07. The largest absolute Gasteiger partial charge is 0.444 e. The van der Waals surface area contributed by atoms with E-state index in [-0.39, 0.29) is 18.2 Å². The number of piperidine rings is 1. The van der Waals surface area contributed by atoms with Crippen LogP contribution in [-0.2, 0) is 4.74 Å². The van der Waals surface area contributed by atoms with Gasteiger partial charge in [0, 0.05) is 6.54 Å². The normalized spacial score (nSPS) is 27.6. The second-order valence-electron chi connectivity index (χ2n) is 5.68. The van der Waals surface area contributed by atoms with Gasteiger partial charge in [0.2, 0.25) is 0 Å². The highest BCUT2D eigenvalue weighted by Gasteiger charge is 2.36. The molecule has 0 aromatic rings. The highest BCUT2D eigenvalue weighted by Crippen LogP contribution is 2.27. The fraction of sp³-hybridized carbons (Fsp3) is 0.692. The third-order valence-electron chi connectivity index (χ3n) is 3.00. The Bertz CT molecular complexity index is 398. The van der Waals surface area contributed by atoms with Gasteiger partial charge in [-0.25, -0.2) is 4.79 Å². The summed E-state index contributed by atoms with van der Waals surface area (Å²) in [6.45, 7) is 6.40. The lowest BCUT2D eigenvalue weighted by Gasteiger charge is -2.39. The third kappa shape index (κ3) is 3.13. The molecule has 0 aromatic heterocycles. The molecule has 2 rings (SSSR count). The van der Waals surface area contributed by atoms with Gasteiger partial charge < -0.3 is 4.74 Å². The van der Waals surface area contributed by atoms with Gasteiger partial charge in [-0.15, -0.1) is 0 Å². The topological polar surface area (TPSA) is 41.9 Å². The average Bonchev–Trinajstić information content (AvgIpc) is 2.25. The summed E-state index contributed by atoms with van der Waals surface area (Å²) in [5.41, 5.74) is -0.452. The predicted molar refractivity (Wildman–Crippen MR) is 75.3 cm³/mol. The molecule has 4 nitrogen and oxygen atoms in total. The second kappa shape index (κ2) is 5.03. The Morgan fingerprint density at radius 3 is 2.94 bits per heavy atom. The molecule has 2 atom stereocenters. The molecule has 0 aromatic carbocycles. The molecule has 0 N–H and O–H groups in total. The van der Waals surface area contributed by atoms with E-state index in [4.69, 9.17) is 4.74 Å². The lowest BCUT2D eigenvalue weighted by Crippen LogP contribution is -2.51. The van der Waals surface area contributed by atoms with E-state index < -0.39 is 5.60 Å². The van der Waals surface area contributed by atoms with Crippen LogP contribution in [0.5, 0.6) is 0 Å². The van der Waals surface area contributed by atoms with Gasteiger partial charge in [0.05, 0.1) is 12.1 Å². The number of allylic oxidation sites excluding steroid dienone is 1. The molecule has 2 aliphatic rings. The zero-order chi connectivity index (χ0) is 13.3. The van der Waals surface area contributed by atoms with E-state index in [0.29, 0.717) is 0 Å². The minimum Gasteiger partial charge on any atom is -0.444 e. The quantitative estimate of drug-likeness (QED) is 0.689. The highest BCUT2D eigenvalue weighted by atomic mass is 79.9. The molecule has 0 aliphatic carbocycles. The van der Waals surface area contributed by atoms with Crippen molar-refractivity contribution in [3.63, 3.8) is 0 Å². The van der Waals surface area contributed by atoms with Gasteiger partial charge in [0.1, 0.15) is 10.2 Å². The van der Waals surface area contributed by atoms with Crippen molar-refractivity contribution in [3.05, 3.63) is 12.2 Å². The van der Waals surface area contributed by atoms with Crippen LogP contribution in [0, 0.1) is 0 Å². The van der Waals surface area contributed by atoms with Crippen LogP contribution in [0.1, 0.15) is 33.6 Å². The maximum atomic E-state index is 12.2. The van der Waals surface area contributed by atoms with Gasteiger partial charge in [-0.2, -0.15) is 0 Å². The Hall–Kier alpha value is -0.840. The van der Waals surface area contributed by atoms with Crippen LogP contribution >= 0.6 is 15.9 Å². The van der Waals surface area contributed by atoms with E-state index in [2.05, 4.69) is 20.9 Å². The van der Waals surface area contributed by atoms with Crippen LogP contribution in [0.4, 0.5) is 4.79 Å². The van der Waals surface area contributed by atoms with Crippen LogP contribution in [0.2, 0.25) is 0 Å². The van der Waals surface area contributed by atoms with Crippen molar-refractivity contribution in [3.8, 4) is 0 Å². The van der Waals surface area contributed by atoms with Gasteiger partial charge in [-0.1, -0.05) is 6.08 Å². The van der Waals surface area contributed by atoms with Crippen molar-refractivity contribution in [1.29, 1.82) is 0 Å². The lowest BCUT2D eigenvalue weighted by atomic mass is 9.95. The summed E-state index contributed by atoms with van der Waals surface area (Å²) in [4.78, 5) is 18.5. The summed E-state index contributed by atoms with van der Waals surface area (Å²) in [7, 11) is 0. The molecule has 5 heteroatoms. The molecule has 1 amide bonds. The number of halogens is 1. The third-order valence-corrected chi connectivity index (χ3v) is 3.47. The number of rotatable bonds is 0. The van der Waals surface area contributed by atoms with Crippen LogP contribution < -0.4 is 0 Å². The molecule has 18 heavy (non-hydrogen) atoms. The molecule has 0 bridgehead atoms. The maximum absolute atomic E-state index is 12.2. The Morgan fingerprint density at radius 2 is 2.28 bits per heavy atom. The molecule has 0 spiro atoms. The molecular formula is C13H19BrN2O2. The Balaban J connectivity index is 2.10. The smallest absolute Gasteiger partial charge is 0.410 e.